The fourth-order valence-electron chi connectivity index (χ4n) is 2.30. The number of phenols is 1. The van der Waals surface area contributed by atoms with Crippen LogP contribution < -0.4 is 4.74 Å². The van der Waals surface area contributed by atoms with Crippen molar-refractivity contribution in [3.63, 3.8) is 0 Å². The highest BCUT2D eigenvalue weighted by Crippen LogP contribution is 2.24. The predicted octanol–water partition coefficient (Wildman–Crippen LogP) is 4.68. The first-order valence-electron chi connectivity index (χ1n) is 7.39. The molecule has 5 heteroatoms. The molecule has 3 aromatic rings. The van der Waals surface area contributed by atoms with Gasteiger partial charge in [-0.05, 0) is 53.9 Å². The molecule has 0 aromatic heterocycles. The number of nitrogens with zero attached hydrogens (tertiary/aromatic N) is 1. The summed E-state index contributed by atoms with van der Waals surface area (Å²) in [4.78, 5) is 10.2. The molecule has 0 aliphatic carbocycles. The van der Waals surface area contributed by atoms with Gasteiger partial charge in [-0.3, -0.25) is 10.1 Å². The lowest BCUT2D eigenvalue weighted by Gasteiger charge is -2.07. The highest BCUT2D eigenvalue weighted by atomic mass is 16.6. The number of non-ortho nitro benzene ring substituents is 1. The molecule has 0 radical (unpaired) electrons. The molecule has 0 amide bonds. The summed E-state index contributed by atoms with van der Waals surface area (Å²) in [5, 5.41) is 19.9. The maximum atomic E-state index is 10.6. The van der Waals surface area contributed by atoms with Crippen molar-refractivity contribution >= 4 is 5.69 Å². The molecule has 0 saturated carbocycles. The van der Waals surface area contributed by atoms with E-state index >= 15 is 0 Å². The minimum atomic E-state index is -0.443. The largest absolute Gasteiger partial charge is 0.508 e. The maximum Gasteiger partial charge on any atom is 0.269 e. The smallest absolute Gasteiger partial charge is 0.269 e. The summed E-state index contributed by atoms with van der Waals surface area (Å²) in [6, 6.07) is 20.7. The molecule has 120 valence electrons. The topological polar surface area (TPSA) is 72.6 Å². The number of phenolic OH excluding ortho intramolecular Hbond substituents is 1. The lowest BCUT2D eigenvalue weighted by molar-refractivity contribution is -0.384. The Balaban J connectivity index is 1.65. The van der Waals surface area contributed by atoms with Crippen molar-refractivity contribution in [2.24, 2.45) is 0 Å². The Kier molecular flexibility index (Phi) is 4.43. The van der Waals surface area contributed by atoms with Gasteiger partial charge in [0.2, 0.25) is 0 Å². The first-order chi connectivity index (χ1) is 11.6. The Bertz CT molecular complexity index is 825. The first kappa shape index (κ1) is 15.6. The average molecular weight is 321 g/mol. The Morgan fingerprint density at radius 1 is 0.792 bits per heavy atom. The molecule has 5 nitrogen and oxygen atoms in total. The molecule has 3 aromatic carbocycles. The van der Waals surface area contributed by atoms with Gasteiger partial charge in [-0.2, -0.15) is 0 Å². The summed E-state index contributed by atoms with van der Waals surface area (Å²) < 4.78 is 5.68. The second kappa shape index (κ2) is 6.83. The lowest BCUT2D eigenvalue weighted by Crippen LogP contribution is -1.90. The molecule has 3 rings (SSSR count). The minimum Gasteiger partial charge on any atom is -0.508 e. The van der Waals surface area contributed by atoms with Crippen LogP contribution in [0.25, 0.3) is 0 Å². The van der Waals surface area contributed by atoms with E-state index in [0.29, 0.717) is 11.5 Å². The summed E-state index contributed by atoms with van der Waals surface area (Å²) in [7, 11) is 0. The van der Waals surface area contributed by atoms with Crippen LogP contribution in [0.1, 0.15) is 11.1 Å². The van der Waals surface area contributed by atoms with Crippen molar-refractivity contribution in [2.45, 2.75) is 6.42 Å². The van der Waals surface area contributed by atoms with Gasteiger partial charge >= 0.3 is 0 Å². The van der Waals surface area contributed by atoms with E-state index in [0.717, 1.165) is 17.5 Å². The third-order valence-corrected chi connectivity index (χ3v) is 3.55. The van der Waals surface area contributed by atoms with Crippen LogP contribution in [0.2, 0.25) is 0 Å². The molecule has 0 spiro atoms. The normalized spacial score (nSPS) is 10.3. The molecule has 0 unspecified atom stereocenters. The molecule has 24 heavy (non-hydrogen) atoms. The second-order valence-corrected chi connectivity index (χ2v) is 5.34. The standard InChI is InChI=1S/C19H15NO4/c21-17-7-1-14(2-8-17)13-15-3-9-18(10-4-15)24-19-11-5-16(6-12-19)20(22)23/h1-12,21H,13H2. The molecule has 0 fully saturated rings. The van der Waals surface area contributed by atoms with Crippen molar-refractivity contribution < 1.29 is 14.8 Å². The first-order valence-corrected chi connectivity index (χ1v) is 7.39. The molecule has 1 N–H and O–H groups in total. The second-order valence-electron chi connectivity index (χ2n) is 5.34. The zero-order valence-electron chi connectivity index (χ0n) is 12.8. The van der Waals surface area contributed by atoms with E-state index < -0.39 is 4.92 Å². The molecule has 0 heterocycles. The van der Waals surface area contributed by atoms with Gasteiger partial charge < -0.3 is 9.84 Å². The van der Waals surface area contributed by atoms with E-state index in [2.05, 4.69) is 0 Å². The Morgan fingerprint density at radius 3 is 1.75 bits per heavy atom. The number of nitro groups is 1. The van der Waals surface area contributed by atoms with Crippen molar-refractivity contribution in [3.8, 4) is 17.2 Å². The van der Waals surface area contributed by atoms with Crippen LogP contribution in [-0.2, 0) is 6.42 Å². The fourth-order valence-corrected chi connectivity index (χ4v) is 2.30. The van der Waals surface area contributed by atoms with E-state index in [9.17, 15) is 15.2 Å². The summed E-state index contributed by atoms with van der Waals surface area (Å²) >= 11 is 0. The molecular weight excluding hydrogens is 306 g/mol. The highest BCUT2D eigenvalue weighted by molar-refractivity contribution is 5.39. The van der Waals surface area contributed by atoms with E-state index in [-0.39, 0.29) is 11.4 Å². The van der Waals surface area contributed by atoms with Crippen LogP contribution in [-0.4, -0.2) is 10.0 Å². The van der Waals surface area contributed by atoms with Gasteiger partial charge in [0.25, 0.3) is 5.69 Å². The maximum absolute atomic E-state index is 10.6. The quantitative estimate of drug-likeness (QED) is 0.547. The molecular formula is C19H15NO4. The number of benzene rings is 3. The molecule has 0 saturated heterocycles. The van der Waals surface area contributed by atoms with E-state index in [4.69, 9.17) is 4.74 Å². The van der Waals surface area contributed by atoms with Gasteiger partial charge in [0, 0.05) is 12.1 Å². The van der Waals surface area contributed by atoms with E-state index in [1.165, 1.54) is 12.1 Å². The number of rotatable bonds is 5. The summed E-state index contributed by atoms with van der Waals surface area (Å²) in [5.74, 6) is 1.47. The van der Waals surface area contributed by atoms with Gasteiger partial charge in [0.15, 0.2) is 0 Å². The summed E-state index contributed by atoms with van der Waals surface area (Å²) in [5.41, 5.74) is 2.26. The van der Waals surface area contributed by atoms with Crippen LogP contribution in [0, 0.1) is 10.1 Å². The minimum absolute atomic E-state index is 0.0339. The summed E-state index contributed by atoms with van der Waals surface area (Å²) in [6.45, 7) is 0. The van der Waals surface area contributed by atoms with Crippen LogP contribution in [0.15, 0.2) is 72.8 Å². The van der Waals surface area contributed by atoms with Gasteiger partial charge in [-0.25, -0.2) is 0 Å². The van der Waals surface area contributed by atoms with Gasteiger partial charge in [-0.15, -0.1) is 0 Å². The number of nitro benzene ring substituents is 1. The van der Waals surface area contributed by atoms with Crippen molar-refractivity contribution in [2.75, 3.05) is 0 Å². The fraction of sp³-hybridized carbons (Fsp3) is 0.0526. The Hall–Kier alpha value is -3.34. The van der Waals surface area contributed by atoms with Gasteiger partial charge in [0.1, 0.15) is 17.2 Å². The van der Waals surface area contributed by atoms with Crippen LogP contribution in [0.5, 0.6) is 17.2 Å². The predicted molar refractivity (Wildman–Crippen MR) is 90.5 cm³/mol. The van der Waals surface area contributed by atoms with Crippen molar-refractivity contribution in [3.05, 3.63) is 94.0 Å². The number of ether oxygens (including phenoxy) is 1. The Morgan fingerprint density at radius 2 is 1.25 bits per heavy atom. The molecule has 0 aliphatic rings. The highest BCUT2D eigenvalue weighted by Gasteiger charge is 2.05. The SMILES string of the molecule is O=[N+]([O-])c1ccc(Oc2ccc(Cc3ccc(O)cc3)cc2)cc1. The Labute approximate surface area is 138 Å². The van der Waals surface area contributed by atoms with Gasteiger partial charge in [0.05, 0.1) is 4.92 Å². The average Bonchev–Trinajstić information content (AvgIpc) is 2.59. The van der Waals surface area contributed by atoms with Crippen LogP contribution in [0.4, 0.5) is 5.69 Å². The molecule has 0 aliphatic heterocycles. The van der Waals surface area contributed by atoms with Crippen LogP contribution in [0.3, 0.4) is 0 Å². The van der Waals surface area contributed by atoms with E-state index in [1.807, 2.05) is 36.4 Å². The number of aromatic hydroxyl groups is 1. The molecule has 0 bridgehead atoms. The zero-order valence-corrected chi connectivity index (χ0v) is 12.8. The lowest BCUT2D eigenvalue weighted by atomic mass is 10.0. The van der Waals surface area contributed by atoms with E-state index in [1.54, 1.807) is 24.3 Å². The third kappa shape index (κ3) is 3.89. The van der Waals surface area contributed by atoms with Crippen molar-refractivity contribution in [1.29, 1.82) is 0 Å². The molecule has 0 atom stereocenters. The number of hydrogen-bond donors (Lipinski definition) is 1. The third-order valence-electron chi connectivity index (χ3n) is 3.55. The van der Waals surface area contributed by atoms with Crippen LogP contribution >= 0.6 is 0 Å². The number of hydrogen-bond acceptors (Lipinski definition) is 4. The summed E-state index contributed by atoms with van der Waals surface area (Å²) in [6.07, 6.45) is 0.762. The zero-order chi connectivity index (χ0) is 16.9. The monoisotopic (exact) mass is 321 g/mol. The van der Waals surface area contributed by atoms with Gasteiger partial charge in [-0.1, -0.05) is 24.3 Å². The van der Waals surface area contributed by atoms with Crippen molar-refractivity contribution in [1.82, 2.24) is 0 Å².